The first-order chi connectivity index (χ1) is 17.7. The van der Waals surface area contributed by atoms with E-state index in [0.717, 1.165) is 70.3 Å². The van der Waals surface area contributed by atoms with E-state index in [9.17, 15) is 9.90 Å². The van der Waals surface area contributed by atoms with Gasteiger partial charge in [0.25, 0.3) is 0 Å². The fourth-order valence-corrected chi connectivity index (χ4v) is 4.72. The van der Waals surface area contributed by atoms with Gasteiger partial charge in [-0.2, -0.15) is 0 Å². The average molecular weight is 692 g/mol. The molecule has 0 aliphatic heterocycles. The van der Waals surface area contributed by atoms with E-state index in [1.165, 1.54) is 11.6 Å². The molecule has 0 fully saturated rings. The minimum absolute atomic E-state index is 0. The van der Waals surface area contributed by atoms with Crippen LogP contribution in [0.25, 0.3) is 33.3 Å². The van der Waals surface area contributed by atoms with Gasteiger partial charge in [0, 0.05) is 49.6 Å². The molecule has 6 heteroatoms. The number of fused-ring (bicyclic) bond motifs is 3. The molecule has 0 saturated heterocycles. The van der Waals surface area contributed by atoms with Crippen LogP contribution in [0.5, 0.6) is 0 Å². The van der Waals surface area contributed by atoms with Crippen molar-refractivity contribution < 1.29 is 34.4 Å². The Morgan fingerprint density at radius 3 is 2.29 bits per heavy atom. The normalized spacial score (nSPS) is 11.6. The van der Waals surface area contributed by atoms with Gasteiger partial charge >= 0.3 is 0 Å². The summed E-state index contributed by atoms with van der Waals surface area (Å²) >= 11 is 0. The number of hydrogen-bond acceptors (Lipinski definition) is 5. The molecule has 0 spiro atoms. The molecule has 3 heterocycles. The van der Waals surface area contributed by atoms with Crippen LogP contribution >= 0.6 is 0 Å². The fraction of sp³-hybridized carbons (Fsp3) is 0.406. The number of carbonyl (C=O) groups is 1. The Balaban J connectivity index is 0.000000282. The van der Waals surface area contributed by atoms with Crippen LogP contribution in [0, 0.1) is 38.7 Å². The number of aryl methyl sites for hydroxylation is 3. The van der Waals surface area contributed by atoms with E-state index >= 15 is 0 Å². The van der Waals surface area contributed by atoms with Crippen molar-refractivity contribution >= 4 is 27.8 Å². The van der Waals surface area contributed by atoms with Gasteiger partial charge in [-0.05, 0) is 56.5 Å². The Morgan fingerprint density at radius 1 is 1.03 bits per heavy atom. The molecule has 0 aliphatic carbocycles. The van der Waals surface area contributed by atoms with Crippen LogP contribution in [-0.2, 0) is 24.9 Å². The monoisotopic (exact) mass is 692 g/mol. The van der Waals surface area contributed by atoms with Gasteiger partial charge < -0.3 is 9.52 Å². The zero-order valence-electron chi connectivity index (χ0n) is 23.5. The number of aromatic nitrogens is 2. The molecule has 1 radical (unpaired) electrons. The van der Waals surface area contributed by atoms with E-state index in [0.29, 0.717) is 0 Å². The summed E-state index contributed by atoms with van der Waals surface area (Å²) in [5, 5.41) is 10.8. The van der Waals surface area contributed by atoms with Crippen LogP contribution in [0.15, 0.2) is 52.8 Å². The molecule has 0 unspecified atom stereocenters. The van der Waals surface area contributed by atoms with Gasteiger partial charge in [0.05, 0.1) is 11.3 Å². The van der Waals surface area contributed by atoms with Crippen molar-refractivity contribution in [3.05, 3.63) is 71.3 Å². The second-order valence-electron chi connectivity index (χ2n) is 9.68. The SMILES string of the molecule is CCC(CC)C(=O)/C=C(\O)C(CC)CC.Cc1[c-]c(-c2nc3cccnc3c3oc(C)cc23)cc(C)c1.[Ir]. The number of allylic oxidation sites excluding steroid dienone is 2. The van der Waals surface area contributed by atoms with Gasteiger partial charge in [0.2, 0.25) is 0 Å². The summed E-state index contributed by atoms with van der Waals surface area (Å²) in [6.45, 7) is 14.2. The quantitative estimate of drug-likeness (QED) is 0.114. The van der Waals surface area contributed by atoms with Gasteiger partial charge in [0.15, 0.2) is 11.4 Å². The number of aliphatic hydroxyl groups is 1. The number of furan rings is 1. The van der Waals surface area contributed by atoms with Gasteiger partial charge in [-0.25, -0.2) is 0 Å². The fourth-order valence-electron chi connectivity index (χ4n) is 4.72. The molecule has 205 valence electrons. The van der Waals surface area contributed by atoms with E-state index in [-0.39, 0.29) is 43.5 Å². The van der Waals surface area contributed by atoms with E-state index in [4.69, 9.17) is 9.40 Å². The minimum Gasteiger partial charge on any atom is -0.512 e. The number of benzene rings is 1. The molecule has 0 saturated carbocycles. The van der Waals surface area contributed by atoms with E-state index in [1.54, 1.807) is 6.20 Å². The Bertz CT molecular complexity index is 1380. The van der Waals surface area contributed by atoms with Crippen molar-refractivity contribution in [2.24, 2.45) is 11.8 Å². The van der Waals surface area contributed by atoms with E-state index in [2.05, 4.69) is 37.0 Å². The summed E-state index contributed by atoms with van der Waals surface area (Å²) in [7, 11) is 0. The summed E-state index contributed by atoms with van der Waals surface area (Å²) in [4.78, 5) is 21.0. The number of hydrogen-bond donors (Lipinski definition) is 1. The molecular weight excluding hydrogens is 653 g/mol. The van der Waals surface area contributed by atoms with Crippen molar-refractivity contribution in [3.8, 4) is 11.3 Å². The first kappa shape index (κ1) is 31.4. The number of rotatable bonds is 8. The third kappa shape index (κ3) is 7.39. The van der Waals surface area contributed by atoms with Crippen LogP contribution in [0.2, 0.25) is 0 Å². The van der Waals surface area contributed by atoms with Crippen molar-refractivity contribution in [2.45, 2.75) is 74.1 Å². The third-order valence-electron chi connectivity index (χ3n) is 6.83. The van der Waals surface area contributed by atoms with Crippen LogP contribution in [0.3, 0.4) is 0 Å². The number of carbonyl (C=O) groups excluding carboxylic acids is 1. The van der Waals surface area contributed by atoms with Gasteiger partial charge in [-0.15, -0.1) is 34.9 Å². The third-order valence-corrected chi connectivity index (χ3v) is 6.83. The maximum atomic E-state index is 11.7. The molecule has 3 aromatic heterocycles. The summed E-state index contributed by atoms with van der Waals surface area (Å²) in [5.41, 5.74) is 6.65. The average Bonchev–Trinajstić information content (AvgIpc) is 3.26. The Kier molecular flexibility index (Phi) is 11.9. The zero-order valence-corrected chi connectivity index (χ0v) is 25.9. The molecule has 4 aromatic rings. The number of nitrogens with zero attached hydrogens (tertiary/aromatic N) is 2. The molecule has 0 bridgehead atoms. The van der Waals surface area contributed by atoms with Crippen LogP contribution < -0.4 is 0 Å². The number of pyridine rings is 2. The van der Waals surface area contributed by atoms with Crippen molar-refractivity contribution in [1.29, 1.82) is 0 Å². The minimum atomic E-state index is 0. The second-order valence-corrected chi connectivity index (χ2v) is 9.68. The van der Waals surface area contributed by atoms with E-state index < -0.39 is 0 Å². The van der Waals surface area contributed by atoms with Gasteiger partial charge in [0.1, 0.15) is 11.3 Å². The molecule has 1 N–H and O–H groups in total. The Hall–Kier alpha value is -2.82. The molecule has 0 atom stereocenters. The standard InChI is InChI=1S/C19H15N2O.C13H24O2.Ir/c1-11-7-12(2)9-14(8-11)17-15-10-13(3)22-19(15)18-16(21-17)5-4-6-20-18;1-5-10(6-2)12(14)9-13(15)11(7-3)8-4;/h4-8,10H,1-3H3;9-11,14H,5-8H2,1-4H3;/q-1;;/b;12-9-;. The predicted octanol–water partition coefficient (Wildman–Crippen LogP) is 8.64. The molecular formula is C32H39IrN2O3-. The van der Waals surface area contributed by atoms with Gasteiger partial charge in [-0.3, -0.25) is 14.8 Å². The van der Waals surface area contributed by atoms with Gasteiger partial charge in [-0.1, -0.05) is 41.5 Å². The van der Waals surface area contributed by atoms with Crippen molar-refractivity contribution in [2.75, 3.05) is 0 Å². The van der Waals surface area contributed by atoms with Crippen LogP contribution in [0.1, 0.15) is 70.3 Å². The maximum absolute atomic E-state index is 11.7. The molecule has 38 heavy (non-hydrogen) atoms. The predicted molar refractivity (Wildman–Crippen MR) is 152 cm³/mol. The molecule has 0 amide bonds. The molecule has 4 rings (SSSR count). The zero-order chi connectivity index (χ0) is 27.1. The first-order valence-electron chi connectivity index (χ1n) is 13.3. The number of ketones is 1. The smallest absolute Gasteiger partial charge is 0.162 e. The van der Waals surface area contributed by atoms with Crippen molar-refractivity contribution in [1.82, 2.24) is 9.97 Å². The van der Waals surface area contributed by atoms with Crippen molar-refractivity contribution in [3.63, 3.8) is 0 Å². The summed E-state index contributed by atoms with van der Waals surface area (Å²) in [5.74, 6) is 1.41. The van der Waals surface area contributed by atoms with Crippen LogP contribution in [0.4, 0.5) is 0 Å². The topological polar surface area (TPSA) is 76.2 Å². The summed E-state index contributed by atoms with van der Waals surface area (Å²) < 4.78 is 5.89. The number of aliphatic hydroxyl groups excluding tert-OH is 1. The molecule has 1 aromatic carbocycles. The van der Waals surface area contributed by atoms with E-state index in [1.807, 2.05) is 52.8 Å². The maximum Gasteiger partial charge on any atom is 0.162 e. The summed E-state index contributed by atoms with van der Waals surface area (Å²) in [6, 6.07) is 13.5. The molecule has 5 nitrogen and oxygen atoms in total. The largest absolute Gasteiger partial charge is 0.512 e. The Labute approximate surface area is 240 Å². The molecule has 0 aliphatic rings. The Morgan fingerprint density at radius 2 is 1.68 bits per heavy atom. The first-order valence-corrected chi connectivity index (χ1v) is 13.3. The van der Waals surface area contributed by atoms with Crippen LogP contribution in [-0.4, -0.2) is 20.9 Å². The second kappa shape index (κ2) is 14.4. The summed E-state index contributed by atoms with van der Waals surface area (Å²) in [6.07, 6.45) is 6.67.